The fraction of sp³-hybridized carbons (Fsp3) is 0.947. The molecule has 0 aromatic rings. The fourth-order valence-electron chi connectivity index (χ4n) is 7.54. The van der Waals surface area contributed by atoms with Gasteiger partial charge < -0.3 is 20.1 Å². The molecule has 6 heteroatoms. The first-order valence-corrected chi connectivity index (χ1v) is 19.0. The van der Waals surface area contributed by atoms with Crippen molar-refractivity contribution in [1.29, 1.82) is 0 Å². The Bertz CT molecular complexity index is 728. The molecule has 0 aromatic heterocycles. The van der Waals surface area contributed by atoms with Crippen LogP contribution in [0.1, 0.15) is 189 Å². The molecule has 0 heterocycles. The second-order valence-corrected chi connectivity index (χ2v) is 15.2. The first-order chi connectivity index (χ1) is 21.1. The van der Waals surface area contributed by atoms with Gasteiger partial charge in [0.15, 0.2) is 0 Å². The summed E-state index contributed by atoms with van der Waals surface area (Å²) in [4.78, 5) is 24.9. The van der Waals surface area contributed by atoms with E-state index in [9.17, 15) is 9.59 Å². The molecule has 2 amide bonds. The summed E-state index contributed by atoms with van der Waals surface area (Å²) in [6.45, 7) is 14.5. The Morgan fingerprint density at radius 2 is 1.14 bits per heavy atom. The van der Waals surface area contributed by atoms with Crippen molar-refractivity contribution in [2.75, 3.05) is 19.8 Å². The summed E-state index contributed by atoms with van der Waals surface area (Å²) in [6.07, 6.45) is 28.5. The van der Waals surface area contributed by atoms with Gasteiger partial charge in [0.2, 0.25) is 0 Å². The van der Waals surface area contributed by atoms with Gasteiger partial charge >= 0.3 is 12.2 Å². The number of nitrogens with one attached hydrogen (secondary N) is 2. The quantitative estimate of drug-likeness (QED) is 0.0941. The predicted octanol–water partition coefficient (Wildman–Crippen LogP) is 11.5. The molecular weight excluding hydrogens is 548 g/mol. The lowest BCUT2D eigenvalue weighted by Gasteiger charge is -2.46. The van der Waals surface area contributed by atoms with Crippen LogP contribution in [0, 0.1) is 16.7 Å². The van der Waals surface area contributed by atoms with Gasteiger partial charge in [-0.1, -0.05) is 150 Å². The number of amides is 2. The smallest absolute Gasteiger partial charge is 0.407 e. The maximum Gasteiger partial charge on any atom is 0.407 e. The second-order valence-electron chi connectivity index (χ2n) is 15.2. The van der Waals surface area contributed by atoms with Crippen molar-refractivity contribution in [2.45, 2.75) is 195 Å². The maximum absolute atomic E-state index is 13.0. The zero-order chi connectivity index (χ0) is 32.5. The summed E-state index contributed by atoms with van der Waals surface area (Å²) < 4.78 is 11.0. The third kappa shape index (κ3) is 21.3. The van der Waals surface area contributed by atoms with Gasteiger partial charge in [0, 0.05) is 12.6 Å². The number of ether oxygens (including phenoxy) is 2. The molecular formula is C38H74N2O4. The molecule has 0 radical (unpaired) electrons. The summed E-state index contributed by atoms with van der Waals surface area (Å²) in [7, 11) is 0. The minimum absolute atomic E-state index is 0.0355. The van der Waals surface area contributed by atoms with Crippen LogP contribution in [0.25, 0.3) is 0 Å². The Labute approximate surface area is 273 Å². The molecule has 1 aliphatic rings. The van der Waals surface area contributed by atoms with E-state index >= 15 is 0 Å². The van der Waals surface area contributed by atoms with E-state index in [1.165, 1.54) is 116 Å². The third-order valence-corrected chi connectivity index (χ3v) is 9.58. The fourth-order valence-corrected chi connectivity index (χ4v) is 7.54. The van der Waals surface area contributed by atoms with Crippen molar-refractivity contribution in [3.63, 3.8) is 0 Å². The largest absolute Gasteiger partial charge is 0.450 e. The van der Waals surface area contributed by atoms with Crippen LogP contribution >= 0.6 is 0 Å². The van der Waals surface area contributed by atoms with E-state index in [1.807, 2.05) is 6.92 Å². The molecule has 44 heavy (non-hydrogen) atoms. The molecule has 0 saturated heterocycles. The molecule has 0 aromatic carbocycles. The van der Waals surface area contributed by atoms with Crippen LogP contribution in [0.4, 0.5) is 9.59 Å². The summed E-state index contributed by atoms with van der Waals surface area (Å²) in [5.41, 5.74) is -0.0447. The van der Waals surface area contributed by atoms with Crippen LogP contribution in [-0.4, -0.2) is 38.0 Å². The van der Waals surface area contributed by atoms with Crippen LogP contribution in [0.15, 0.2) is 0 Å². The van der Waals surface area contributed by atoms with E-state index in [4.69, 9.17) is 9.47 Å². The lowest BCUT2D eigenvalue weighted by atomic mass is 9.62. The van der Waals surface area contributed by atoms with E-state index < -0.39 is 0 Å². The highest BCUT2D eigenvalue weighted by molar-refractivity contribution is 5.68. The van der Waals surface area contributed by atoms with Gasteiger partial charge in [-0.3, -0.25) is 0 Å². The summed E-state index contributed by atoms with van der Waals surface area (Å²) in [6, 6.07) is 0.0355. The molecule has 0 aliphatic heterocycles. The van der Waals surface area contributed by atoms with E-state index in [1.54, 1.807) is 0 Å². The van der Waals surface area contributed by atoms with E-state index in [-0.39, 0.29) is 29.1 Å². The zero-order valence-electron chi connectivity index (χ0n) is 30.2. The molecule has 1 aliphatic carbocycles. The Hall–Kier alpha value is -1.46. The number of hydrogen-bond donors (Lipinski definition) is 2. The molecule has 3 unspecified atom stereocenters. The van der Waals surface area contributed by atoms with Gasteiger partial charge in [0.05, 0.1) is 13.2 Å². The van der Waals surface area contributed by atoms with Crippen LogP contribution in [0.3, 0.4) is 0 Å². The summed E-state index contributed by atoms with van der Waals surface area (Å²) in [5, 5.41) is 6.13. The van der Waals surface area contributed by atoms with Crippen LogP contribution in [0.2, 0.25) is 0 Å². The summed E-state index contributed by atoms with van der Waals surface area (Å²) >= 11 is 0. The molecule has 0 spiro atoms. The molecule has 0 bridgehead atoms. The van der Waals surface area contributed by atoms with Crippen molar-refractivity contribution < 1.29 is 19.1 Å². The molecule has 1 fully saturated rings. The highest BCUT2D eigenvalue weighted by Gasteiger charge is 2.42. The highest BCUT2D eigenvalue weighted by Crippen LogP contribution is 2.45. The Kier molecular flexibility index (Phi) is 22.8. The first kappa shape index (κ1) is 40.6. The van der Waals surface area contributed by atoms with Crippen LogP contribution in [-0.2, 0) is 9.47 Å². The van der Waals surface area contributed by atoms with Crippen molar-refractivity contribution in [1.82, 2.24) is 10.6 Å². The molecule has 3 atom stereocenters. The Morgan fingerprint density at radius 3 is 1.61 bits per heavy atom. The second kappa shape index (κ2) is 24.7. The average Bonchev–Trinajstić information content (AvgIpc) is 2.96. The van der Waals surface area contributed by atoms with Gasteiger partial charge in [-0.05, 0) is 55.8 Å². The molecule has 6 nitrogen and oxygen atoms in total. The molecule has 2 N–H and O–H groups in total. The average molecular weight is 623 g/mol. The van der Waals surface area contributed by atoms with E-state index in [0.29, 0.717) is 25.7 Å². The number of unbranched alkanes of at least 4 members (excludes halogenated alkanes) is 16. The van der Waals surface area contributed by atoms with Gasteiger partial charge in [-0.25, -0.2) is 9.59 Å². The SMILES string of the molecule is CCCCCCCCCCCCC(CCCCCCCCCC)COC(=O)NC1CC(C)(C)CC(C)(CNC(=O)OCC)C1. The predicted molar refractivity (Wildman–Crippen MR) is 186 cm³/mol. The van der Waals surface area contributed by atoms with Gasteiger partial charge in [0.1, 0.15) is 0 Å². The van der Waals surface area contributed by atoms with Crippen molar-refractivity contribution in [2.24, 2.45) is 16.7 Å². The van der Waals surface area contributed by atoms with Crippen molar-refractivity contribution in [3.8, 4) is 0 Å². The van der Waals surface area contributed by atoms with Crippen LogP contribution in [0.5, 0.6) is 0 Å². The molecule has 1 saturated carbocycles. The topological polar surface area (TPSA) is 76.7 Å². The Balaban J connectivity index is 2.50. The minimum Gasteiger partial charge on any atom is -0.450 e. The number of carbonyl (C=O) groups is 2. The monoisotopic (exact) mass is 623 g/mol. The standard InChI is InChI=1S/C38H74N2O4/c1-7-10-12-14-16-18-19-21-23-25-27-33(26-24-22-20-17-15-13-11-8-2)30-44-36(42)40-34-28-37(4,5)31-38(6,29-34)32-39-35(41)43-9-3/h33-34H,7-32H2,1-6H3,(H,39,41)(H,40,42). The third-order valence-electron chi connectivity index (χ3n) is 9.58. The molecule has 260 valence electrons. The highest BCUT2D eigenvalue weighted by atomic mass is 16.6. The normalized spacial score (nSPS) is 20.2. The van der Waals surface area contributed by atoms with Gasteiger partial charge in [-0.15, -0.1) is 0 Å². The summed E-state index contributed by atoms with van der Waals surface area (Å²) in [5.74, 6) is 0.455. The lowest BCUT2D eigenvalue weighted by Crippen LogP contribution is -2.50. The van der Waals surface area contributed by atoms with Gasteiger partial charge in [0.25, 0.3) is 0 Å². The number of rotatable bonds is 26. The zero-order valence-corrected chi connectivity index (χ0v) is 30.2. The number of carbonyl (C=O) groups excluding carboxylic acids is 2. The van der Waals surface area contributed by atoms with Gasteiger partial charge in [-0.2, -0.15) is 0 Å². The lowest BCUT2D eigenvalue weighted by molar-refractivity contribution is 0.0599. The maximum atomic E-state index is 13.0. The Morgan fingerprint density at radius 1 is 0.659 bits per heavy atom. The molecule has 1 rings (SSSR count). The van der Waals surface area contributed by atoms with E-state index in [0.717, 1.165) is 32.1 Å². The van der Waals surface area contributed by atoms with Crippen LogP contribution < -0.4 is 10.6 Å². The number of alkyl carbamates (subject to hydrolysis) is 2. The first-order valence-electron chi connectivity index (χ1n) is 19.0. The number of hydrogen-bond acceptors (Lipinski definition) is 4. The van der Waals surface area contributed by atoms with Crippen molar-refractivity contribution in [3.05, 3.63) is 0 Å². The van der Waals surface area contributed by atoms with E-state index in [2.05, 4.69) is 45.3 Å². The van der Waals surface area contributed by atoms with Crippen molar-refractivity contribution >= 4 is 12.2 Å². The minimum atomic E-state index is -0.369.